The van der Waals surface area contributed by atoms with Gasteiger partial charge in [-0.1, -0.05) is 32.9 Å². The molecule has 134 valence electrons. The van der Waals surface area contributed by atoms with E-state index in [0.29, 0.717) is 28.2 Å². The van der Waals surface area contributed by atoms with Crippen LogP contribution in [0, 0.1) is 5.41 Å². The monoisotopic (exact) mass is 369 g/mol. The standard InChI is InChI=1S/C19H19N3O3S/c1-19(2,3)17(24)22-18(26)20-11-8-9-14(23)12(10-11)16-21-13-6-4-5-7-15(13)25-16/h4-10,23H,1-3H3,(H2,20,22,24,26). The summed E-state index contributed by atoms with van der Waals surface area (Å²) in [6, 6.07) is 12.2. The Morgan fingerprint density at radius 1 is 1.19 bits per heavy atom. The zero-order chi connectivity index (χ0) is 18.9. The van der Waals surface area contributed by atoms with E-state index in [1.807, 2.05) is 24.3 Å². The van der Waals surface area contributed by atoms with Crippen LogP contribution in [0.3, 0.4) is 0 Å². The number of aromatic hydroxyl groups is 1. The number of hydrogen-bond acceptors (Lipinski definition) is 5. The topological polar surface area (TPSA) is 87.4 Å². The molecular formula is C19H19N3O3S. The average Bonchev–Trinajstić information content (AvgIpc) is 2.99. The Morgan fingerprint density at radius 2 is 1.92 bits per heavy atom. The summed E-state index contributed by atoms with van der Waals surface area (Å²) in [6.07, 6.45) is 0. The van der Waals surface area contributed by atoms with Gasteiger partial charge in [0.15, 0.2) is 10.7 Å². The predicted octanol–water partition coefficient (Wildman–Crippen LogP) is 4.06. The summed E-state index contributed by atoms with van der Waals surface area (Å²) in [5.41, 5.74) is 1.81. The van der Waals surface area contributed by atoms with Crippen LogP contribution in [0.25, 0.3) is 22.6 Å². The smallest absolute Gasteiger partial charge is 0.231 e. The zero-order valence-electron chi connectivity index (χ0n) is 14.7. The van der Waals surface area contributed by atoms with Gasteiger partial charge in [0.05, 0.1) is 5.56 Å². The largest absolute Gasteiger partial charge is 0.507 e. The molecule has 0 radical (unpaired) electrons. The molecule has 0 bridgehead atoms. The van der Waals surface area contributed by atoms with Crippen LogP contribution in [0.15, 0.2) is 46.9 Å². The second-order valence-electron chi connectivity index (χ2n) is 6.88. The molecule has 1 heterocycles. The fourth-order valence-corrected chi connectivity index (χ4v) is 2.44. The number of phenols is 1. The molecule has 0 aliphatic heterocycles. The molecule has 3 rings (SSSR count). The number of carbonyl (C=O) groups excluding carboxylic acids is 1. The number of oxazole rings is 1. The molecule has 0 aliphatic rings. The van der Waals surface area contributed by atoms with Gasteiger partial charge in [0, 0.05) is 11.1 Å². The van der Waals surface area contributed by atoms with E-state index in [2.05, 4.69) is 15.6 Å². The van der Waals surface area contributed by atoms with Gasteiger partial charge in [0.25, 0.3) is 0 Å². The molecule has 0 spiro atoms. The van der Waals surface area contributed by atoms with E-state index < -0.39 is 5.41 Å². The van der Waals surface area contributed by atoms with Crippen molar-refractivity contribution in [1.29, 1.82) is 0 Å². The summed E-state index contributed by atoms with van der Waals surface area (Å²) in [5.74, 6) is 0.150. The van der Waals surface area contributed by atoms with Crippen LogP contribution in [0.5, 0.6) is 5.75 Å². The Kier molecular flexibility index (Phi) is 4.65. The minimum absolute atomic E-state index is 0.0340. The van der Waals surface area contributed by atoms with Crippen LogP contribution in [-0.2, 0) is 4.79 Å². The van der Waals surface area contributed by atoms with E-state index in [0.717, 1.165) is 0 Å². The third-order valence-corrected chi connectivity index (χ3v) is 3.89. The number of aromatic nitrogens is 1. The molecule has 2 aromatic carbocycles. The highest BCUT2D eigenvalue weighted by atomic mass is 32.1. The Bertz CT molecular complexity index is 956. The summed E-state index contributed by atoms with van der Waals surface area (Å²) < 4.78 is 5.70. The molecule has 0 saturated heterocycles. The first kappa shape index (κ1) is 17.9. The number of nitrogens with zero attached hydrogens (tertiary/aromatic N) is 1. The van der Waals surface area contributed by atoms with Crippen molar-refractivity contribution in [2.75, 3.05) is 5.32 Å². The fraction of sp³-hybridized carbons (Fsp3) is 0.211. The van der Waals surface area contributed by atoms with Crippen LogP contribution in [0.2, 0.25) is 0 Å². The molecule has 1 aromatic heterocycles. The maximum absolute atomic E-state index is 12.0. The Morgan fingerprint density at radius 3 is 2.62 bits per heavy atom. The molecule has 3 aromatic rings. The lowest BCUT2D eigenvalue weighted by atomic mass is 9.96. The van der Waals surface area contributed by atoms with Crippen LogP contribution in [0.4, 0.5) is 5.69 Å². The normalized spacial score (nSPS) is 11.3. The number of nitrogens with one attached hydrogen (secondary N) is 2. The summed E-state index contributed by atoms with van der Waals surface area (Å²) in [5, 5.41) is 15.9. The molecule has 0 atom stereocenters. The molecule has 0 aliphatic carbocycles. The molecule has 7 heteroatoms. The van der Waals surface area contributed by atoms with E-state index >= 15 is 0 Å². The lowest BCUT2D eigenvalue weighted by Gasteiger charge is -2.18. The van der Waals surface area contributed by atoms with Crippen molar-refractivity contribution < 1.29 is 14.3 Å². The SMILES string of the molecule is CC(C)(C)C(=O)NC(=S)Nc1ccc(O)c(-c2nc3ccccc3o2)c1. The van der Waals surface area contributed by atoms with E-state index in [4.69, 9.17) is 16.6 Å². The molecule has 0 saturated carbocycles. The number of carbonyl (C=O) groups is 1. The van der Waals surface area contributed by atoms with Crippen LogP contribution in [0.1, 0.15) is 20.8 Å². The van der Waals surface area contributed by atoms with E-state index in [-0.39, 0.29) is 16.8 Å². The second kappa shape index (κ2) is 6.76. The molecule has 6 nitrogen and oxygen atoms in total. The molecule has 0 fully saturated rings. The van der Waals surface area contributed by atoms with Crippen molar-refractivity contribution in [1.82, 2.24) is 10.3 Å². The fourth-order valence-electron chi connectivity index (χ4n) is 2.23. The van der Waals surface area contributed by atoms with Crippen LogP contribution >= 0.6 is 12.2 Å². The highest BCUT2D eigenvalue weighted by Crippen LogP contribution is 2.33. The second-order valence-corrected chi connectivity index (χ2v) is 7.29. The highest BCUT2D eigenvalue weighted by Gasteiger charge is 2.22. The van der Waals surface area contributed by atoms with Gasteiger partial charge in [-0.3, -0.25) is 4.79 Å². The van der Waals surface area contributed by atoms with Crippen LogP contribution in [-0.4, -0.2) is 21.1 Å². The maximum Gasteiger partial charge on any atom is 0.231 e. The maximum atomic E-state index is 12.0. The summed E-state index contributed by atoms with van der Waals surface area (Å²) in [7, 11) is 0. The first-order valence-electron chi connectivity index (χ1n) is 8.05. The first-order valence-corrected chi connectivity index (χ1v) is 8.46. The minimum Gasteiger partial charge on any atom is -0.507 e. The Hall–Kier alpha value is -2.93. The number of para-hydroxylation sites is 2. The van der Waals surface area contributed by atoms with E-state index in [1.165, 1.54) is 6.07 Å². The number of amides is 1. The van der Waals surface area contributed by atoms with Gasteiger partial charge in [-0.15, -0.1) is 0 Å². The number of rotatable bonds is 2. The molecule has 0 unspecified atom stereocenters. The third-order valence-electron chi connectivity index (χ3n) is 3.69. The van der Waals surface area contributed by atoms with Crippen molar-refractivity contribution in [3.8, 4) is 17.2 Å². The van der Waals surface area contributed by atoms with Gasteiger partial charge in [0.1, 0.15) is 11.3 Å². The summed E-state index contributed by atoms with van der Waals surface area (Å²) in [6.45, 7) is 5.41. The molecular weight excluding hydrogens is 350 g/mol. The van der Waals surface area contributed by atoms with Crippen molar-refractivity contribution in [2.24, 2.45) is 5.41 Å². The van der Waals surface area contributed by atoms with Crippen molar-refractivity contribution in [3.05, 3.63) is 42.5 Å². The van der Waals surface area contributed by atoms with Gasteiger partial charge >= 0.3 is 0 Å². The van der Waals surface area contributed by atoms with Gasteiger partial charge in [-0.05, 0) is 42.5 Å². The number of phenolic OH excluding ortho intramolecular Hbond substituents is 1. The van der Waals surface area contributed by atoms with Gasteiger partial charge in [-0.25, -0.2) is 4.98 Å². The summed E-state index contributed by atoms with van der Waals surface area (Å²) in [4.78, 5) is 16.4. The van der Waals surface area contributed by atoms with E-state index in [1.54, 1.807) is 32.9 Å². The summed E-state index contributed by atoms with van der Waals surface area (Å²) >= 11 is 5.18. The number of hydrogen-bond donors (Lipinski definition) is 3. The molecule has 3 N–H and O–H groups in total. The third kappa shape index (κ3) is 3.83. The molecule has 26 heavy (non-hydrogen) atoms. The van der Waals surface area contributed by atoms with Crippen molar-refractivity contribution in [3.63, 3.8) is 0 Å². The quantitative estimate of drug-likeness (QED) is 0.466. The van der Waals surface area contributed by atoms with Gasteiger partial charge in [0.2, 0.25) is 11.8 Å². The van der Waals surface area contributed by atoms with Gasteiger partial charge < -0.3 is 20.2 Å². The van der Waals surface area contributed by atoms with Crippen LogP contribution < -0.4 is 10.6 Å². The Balaban J connectivity index is 1.84. The highest BCUT2D eigenvalue weighted by molar-refractivity contribution is 7.80. The van der Waals surface area contributed by atoms with E-state index in [9.17, 15) is 9.90 Å². The van der Waals surface area contributed by atoms with Gasteiger partial charge in [-0.2, -0.15) is 0 Å². The lowest BCUT2D eigenvalue weighted by molar-refractivity contribution is -0.126. The number of thiocarbonyl (C=S) groups is 1. The Labute approximate surface area is 156 Å². The number of fused-ring (bicyclic) bond motifs is 1. The molecule has 1 amide bonds. The van der Waals surface area contributed by atoms with Crippen molar-refractivity contribution >= 4 is 40.0 Å². The number of anilines is 1. The average molecular weight is 369 g/mol. The number of benzene rings is 2. The lowest BCUT2D eigenvalue weighted by Crippen LogP contribution is -2.41. The van der Waals surface area contributed by atoms with Crippen molar-refractivity contribution in [2.45, 2.75) is 20.8 Å². The predicted molar refractivity (Wildman–Crippen MR) is 105 cm³/mol. The minimum atomic E-state index is -0.552. The first-order chi connectivity index (χ1) is 12.2. The zero-order valence-corrected chi connectivity index (χ0v) is 15.5.